The second kappa shape index (κ2) is 5.19. The fourth-order valence-electron chi connectivity index (χ4n) is 0.932. The number of hydrogen-bond donors (Lipinski definition) is 1. The summed E-state index contributed by atoms with van der Waals surface area (Å²) in [6.07, 6.45) is 0.831. The molecule has 0 radical (unpaired) electrons. The molecule has 0 aliphatic rings. The maximum absolute atomic E-state index is 11.4. The van der Waals surface area contributed by atoms with Gasteiger partial charge < -0.3 is 10.5 Å². The first kappa shape index (κ1) is 11.3. The first-order valence-electron chi connectivity index (χ1n) is 4.37. The van der Waals surface area contributed by atoms with E-state index >= 15 is 0 Å². The molecule has 0 aliphatic heterocycles. The third-order valence-corrected chi connectivity index (χ3v) is 2.61. The average Bonchev–Trinajstić information content (AvgIpc) is 2.18. The maximum Gasteiger partial charge on any atom is 0.338 e. The number of carbonyl (C=O) groups is 1. The van der Waals surface area contributed by atoms with Gasteiger partial charge >= 0.3 is 5.97 Å². The molecule has 0 saturated heterocycles. The van der Waals surface area contributed by atoms with Crippen LogP contribution in [0.5, 0.6) is 0 Å². The van der Waals surface area contributed by atoms with Gasteiger partial charge in [-0.05, 0) is 47.2 Å². The predicted molar refractivity (Wildman–Crippen MR) is 64.1 cm³/mol. The molecule has 0 amide bonds. The molecular weight excluding hydrogens is 293 g/mol. The highest BCUT2D eigenvalue weighted by Crippen LogP contribution is 2.16. The Morgan fingerprint density at radius 1 is 1.57 bits per heavy atom. The van der Waals surface area contributed by atoms with Crippen molar-refractivity contribution in [1.82, 2.24) is 0 Å². The van der Waals surface area contributed by atoms with Crippen molar-refractivity contribution in [3.63, 3.8) is 0 Å². The van der Waals surface area contributed by atoms with Crippen LogP contribution in [0.3, 0.4) is 0 Å². The largest absolute Gasteiger partial charge is 0.462 e. The molecule has 3 nitrogen and oxygen atoms in total. The van der Waals surface area contributed by atoms with Crippen molar-refractivity contribution in [1.29, 1.82) is 0 Å². The summed E-state index contributed by atoms with van der Waals surface area (Å²) in [6.45, 7) is 2.42. The van der Waals surface area contributed by atoms with Crippen LogP contribution in [0.1, 0.15) is 23.7 Å². The number of rotatable bonds is 3. The number of carbonyl (C=O) groups excluding carboxylic acids is 1. The van der Waals surface area contributed by atoms with E-state index in [1.165, 1.54) is 0 Å². The third-order valence-electron chi connectivity index (χ3n) is 1.67. The summed E-state index contributed by atoms with van der Waals surface area (Å²) < 4.78 is 5.86. The zero-order valence-electron chi connectivity index (χ0n) is 7.92. The number of anilines is 1. The fourth-order valence-corrected chi connectivity index (χ4v) is 1.45. The van der Waals surface area contributed by atoms with Crippen molar-refractivity contribution in [3.8, 4) is 0 Å². The lowest BCUT2D eigenvalue weighted by molar-refractivity contribution is 0.0505. The molecule has 14 heavy (non-hydrogen) atoms. The summed E-state index contributed by atoms with van der Waals surface area (Å²) in [5.41, 5.74) is 6.86. The third kappa shape index (κ3) is 2.87. The van der Waals surface area contributed by atoms with E-state index in [2.05, 4.69) is 22.6 Å². The molecule has 1 rings (SSSR count). The number of nitrogen functional groups attached to an aromatic ring is 1. The van der Waals surface area contributed by atoms with Gasteiger partial charge in [-0.25, -0.2) is 4.79 Å². The first-order chi connectivity index (χ1) is 6.65. The van der Waals surface area contributed by atoms with Crippen molar-refractivity contribution in [3.05, 3.63) is 27.3 Å². The van der Waals surface area contributed by atoms with E-state index < -0.39 is 0 Å². The summed E-state index contributed by atoms with van der Waals surface area (Å²) in [7, 11) is 0. The van der Waals surface area contributed by atoms with Crippen LogP contribution in [0, 0.1) is 3.57 Å². The lowest BCUT2D eigenvalue weighted by atomic mass is 10.2. The van der Waals surface area contributed by atoms with Crippen molar-refractivity contribution < 1.29 is 9.53 Å². The van der Waals surface area contributed by atoms with Crippen molar-refractivity contribution in [2.45, 2.75) is 13.3 Å². The molecular formula is C10H12INO2. The number of ether oxygens (including phenoxy) is 1. The highest BCUT2D eigenvalue weighted by molar-refractivity contribution is 14.1. The SMILES string of the molecule is CCCOC(=O)c1ccc(N)c(I)c1. The molecule has 2 N–H and O–H groups in total. The molecule has 0 unspecified atom stereocenters. The summed E-state index contributed by atoms with van der Waals surface area (Å²) in [5.74, 6) is -0.287. The summed E-state index contributed by atoms with van der Waals surface area (Å²) in [4.78, 5) is 11.4. The topological polar surface area (TPSA) is 52.3 Å². The Kier molecular flexibility index (Phi) is 4.19. The summed E-state index contributed by atoms with van der Waals surface area (Å²) in [6, 6.07) is 5.12. The Morgan fingerprint density at radius 2 is 2.29 bits per heavy atom. The van der Waals surface area contributed by atoms with Crippen LogP contribution < -0.4 is 5.73 Å². The predicted octanol–water partition coefficient (Wildman–Crippen LogP) is 2.44. The van der Waals surface area contributed by atoms with E-state index in [1.807, 2.05) is 6.92 Å². The van der Waals surface area contributed by atoms with E-state index in [0.717, 1.165) is 9.99 Å². The monoisotopic (exact) mass is 305 g/mol. The van der Waals surface area contributed by atoms with Crippen molar-refractivity contribution in [2.24, 2.45) is 0 Å². The highest BCUT2D eigenvalue weighted by atomic mass is 127. The molecule has 0 aromatic heterocycles. The zero-order chi connectivity index (χ0) is 10.6. The average molecular weight is 305 g/mol. The fraction of sp³-hybridized carbons (Fsp3) is 0.300. The minimum Gasteiger partial charge on any atom is -0.462 e. The molecule has 1 aromatic carbocycles. The van der Waals surface area contributed by atoms with E-state index in [-0.39, 0.29) is 5.97 Å². The van der Waals surface area contributed by atoms with Gasteiger partial charge in [-0.15, -0.1) is 0 Å². The summed E-state index contributed by atoms with van der Waals surface area (Å²) in [5, 5.41) is 0. The molecule has 0 heterocycles. The number of halogens is 1. The second-order valence-electron chi connectivity index (χ2n) is 2.87. The van der Waals surface area contributed by atoms with Crippen LogP contribution in [-0.4, -0.2) is 12.6 Å². The van der Waals surface area contributed by atoms with Crippen LogP contribution >= 0.6 is 22.6 Å². The van der Waals surface area contributed by atoms with Gasteiger partial charge in [0.2, 0.25) is 0 Å². The minimum absolute atomic E-state index is 0.287. The Labute approximate surface area is 96.8 Å². The van der Waals surface area contributed by atoms with E-state index in [1.54, 1.807) is 18.2 Å². The Balaban J connectivity index is 2.76. The van der Waals surface area contributed by atoms with Gasteiger partial charge in [-0.1, -0.05) is 6.92 Å². The molecule has 4 heteroatoms. The molecule has 0 saturated carbocycles. The van der Waals surface area contributed by atoms with Gasteiger partial charge in [0.05, 0.1) is 12.2 Å². The molecule has 0 aliphatic carbocycles. The van der Waals surface area contributed by atoms with Crippen LogP contribution in [0.15, 0.2) is 18.2 Å². The summed E-state index contributed by atoms with van der Waals surface area (Å²) >= 11 is 2.09. The maximum atomic E-state index is 11.4. The highest BCUT2D eigenvalue weighted by Gasteiger charge is 2.07. The lowest BCUT2D eigenvalue weighted by Gasteiger charge is -2.04. The number of nitrogens with two attached hydrogens (primary N) is 1. The van der Waals surface area contributed by atoms with Gasteiger partial charge in [0, 0.05) is 9.26 Å². The Hall–Kier alpha value is -0.780. The number of benzene rings is 1. The minimum atomic E-state index is -0.287. The van der Waals surface area contributed by atoms with E-state index in [0.29, 0.717) is 17.9 Å². The molecule has 76 valence electrons. The van der Waals surface area contributed by atoms with Crippen LogP contribution in [-0.2, 0) is 4.74 Å². The van der Waals surface area contributed by atoms with Gasteiger partial charge in [-0.2, -0.15) is 0 Å². The Bertz CT molecular complexity index is 339. The van der Waals surface area contributed by atoms with Gasteiger partial charge in [0.15, 0.2) is 0 Å². The molecule has 1 aromatic rings. The van der Waals surface area contributed by atoms with Crippen molar-refractivity contribution in [2.75, 3.05) is 12.3 Å². The van der Waals surface area contributed by atoms with E-state index in [4.69, 9.17) is 10.5 Å². The Morgan fingerprint density at radius 3 is 2.86 bits per heavy atom. The van der Waals surface area contributed by atoms with Gasteiger partial charge in [-0.3, -0.25) is 0 Å². The number of hydrogen-bond acceptors (Lipinski definition) is 3. The second-order valence-corrected chi connectivity index (χ2v) is 4.03. The molecule has 0 fully saturated rings. The van der Waals surface area contributed by atoms with E-state index in [9.17, 15) is 4.79 Å². The smallest absolute Gasteiger partial charge is 0.338 e. The van der Waals surface area contributed by atoms with Crippen molar-refractivity contribution >= 4 is 34.2 Å². The normalized spacial score (nSPS) is 9.86. The van der Waals surface area contributed by atoms with Gasteiger partial charge in [0.1, 0.15) is 0 Å². The molecule has 0 atom stereocenters. The van der Waals surface area contributed by atoms with Crippen LogP contribution in [0.4, 0.5) is 5.69 Å². The number of esters is 1. The van der Waals surface area contributed by atoms with Crippen LogP contribution in [0.25, 0.3) is 0 Å². The zero-order valence-corrected chi connectivity index (χ0v) is 10.1. The quantitative estimate of drug-likeness (QED) is 0.530. The lowest BCUT2D eigenvalue weighted by Crippen LogP contribution is -2.06. The first-order valence-corrected chi connectivity index (χ1v) is 5.45. The standard InChI is InChI=1S/C10H12INO2/c1-2-5-14-10(13)7-3-4-9(12)8(11)6-7/h3-4,6H,2,5,12H2,1H3. The molecule has 0 bridgehead atoms. The van der Waals surface area contributed by atoms with Gasteiger partial charge in [0.25, 0.3) is 0 Å². The molecule has 0 spiro atoms. The van der Waals surface area contributed by atoms with Crippen LogP contribution in [0.2, 0.25) is 0 Å².